The highest BCUT2D eigenvalue weighted by molar-refractivity contribution is 9.10. The fourth-order valence-electron chi connectivity index (χ4n) is 3.22. The molecule has 3 rings (SSSR count). The summed E-state index contributed by atoms with van der Waals surface area (Å²) in [6, 6.07) is 11.5. The maximum Gasteiger partial charge on any atom is 0.260 e. The van der Waals surface area contributed by atoms with E-state index in [-0.39, 0.29) is 5.91 Å². The van der Waals surface area contributed by atoms with Crippen molar-refractivity contribution in [1.82, 2.24) is 9.88 Å². The molecule has 0 spiro atoms. The summed E-state index contributed by atoms with van der Waals surface area (Å²) >= 11 is 5.01. The number of ether oxygens (including phenoxy) is 1. The third-order valence-electron chi connectivity index (χ3n) is 4.99. The minimum Gasteiger partial charge on any atom is -0.494 e. The topological polar surface area (TPSA) is 45.7 Å². The molecule has 0 bridgehead atoms. The first kappa shape index (κ1) is 21.7. The zero-order valence-electron chi connectivity index (χ0n) is 17.2. The largest absolute Gasteiger partial charge is 0.494 e. The van der Waals surface area contributed by atoms with Crippen molar-refractivity contribution in [2.24, 2.45) is 0 Å². The lowest BCUT2D eigenvalue weighted by molar-refractivity contribution is 0.0983. The Balaban J connectivity index is 2.03. The molecule has 1 amide bonds. The number of fused-ring (bicyclic) bond motifs is 1. The molecule has 154 valence electrons. The second-order valence-electron chi connectivity index (χ2n) is 6.75. The smallest absolute Gasteiger partial charge is 0.260 e. The number of halogens is 1. The molecule has 0 unspecified atom stereocenters. The summed E-state index contributed by atoms with van der Waals surface area (Å²) in [5.41, 5.74) is 2.58. The average Bonchev–Trinajstić information content (AvgIpc) is 3.17. The molecular weight excluding hydrogens is 450 g/mol. The third-order valence-corrected chi connectivity index (χ3v) is 6.70. The van der Waals surface area contributed by atoms with Crippen LogP contribution in [0.4, 0.5) is 5.13 Å². The number of benzene rings is 2. The predicted octanol–water partition coefficient (Wildman–Crippen LogP) is 5.36. The summed E-state index contributed by atoms with van der Waals surface area (Å²) in [6.07, 6.45) is 0. The zero-order chi connectivity index (χ0) is 21.0. The van der Waals surface area contributed by atoms with Crippen molar-refractivity contribution >= 4 is 48.5 Å². The van der Waals surface area contributed by atoms with Gasteiger partial charge in [0.05, 0.1) is 11.8 Å². The summed E-state index contributed by atoms with van der Waals surface area (Å²) in [7, 11) is 1.65. The number of anilines is 1. The number of rotatable bonds is 8. The number of hydrogen-bond acceptors (Lipinski definition) is 5. The number of thiazole rings is 1. The molecule has 3 aromatic rings. The Hall–Kier alpha value is -1.96. The van der Waals surface area contributed by atoms with E-state index in [1.807, 2.05) is 36.4 Å². The van der Waals surface area contributed by atoms with Crippen molar-refractivity contribution in [1.29, 1.82) is 0 Å². The summed E-state index contributed by atoms with van der Waals surface area (Å²) in [4.78, 5) is 22.3. The molecule has 0 aliphatic rings. The van der Waals surface area contributed by atoms with E-state index in [2.05, 4.69) is 41.6 Å². The van der Waals surface area contributed by atoms with E-state index in [4.69, 9.17) is 9.72 Å². The van der Waals surface area contributed by atoms with Gasteiger partial charge in [0.1, 0.15) is 11.3 Å². The standard InChI is InChI=1S/C22H26BrN3O2S/c1-5-25(6-2)12-13-26(21(27)16-8-7-9-17(23)14-16)22-24-19-18(28-4)11-10-15(3)20(19)29-22/h7-11,14H,5-6,12-13H2,1-4H3. The summed E-state index contributed by atoms with van der Waals surface area (Å²) in [5, 5.41) is 0.699. The van der Waals surface area contributed by atoms with Crippen LogP contribution in [0.2, 0.25) is 0 Å². The molecule has 0 aliphatic carbocycles. The van der Waals surface area contributed by atoms with Crippen molar-refractivity contribution in [3.63, 3.8) is 0 Å². The maximum atomic E-state index is 13.4. The second-order valence-corrected chi connectivity index (χ2v) is 8.65. The number of carbonyl (C=O) groups excluding carboxylic acids is 1. The predicted molar refractivity (Wildman–Crippen MR) is 125 cm³/mol. The monoisotopic (exact) mass is 475 g/mol. The van der Waals surface area contributed by atoms with Gasteiger partial charge in [0, 0.05) is 23.1 Å². The molecule has 1 aromatic heterocycles. The van der Waals surface area contributed by atoms with Crippen LogP contribution in [0.5, 0.6) is 5.75 Å². The van der Waals surface area contributed by atoms with Crippen molar-refractivity contribution in [3.8, 4) is 5.75 Å². The number of methoxy groups -OCH3 is 1. The lowest BCUT2D eigenvalue weighted by Crippen LogP contribution is -2.38. The van der Waals surface area contributed by atoms with Gasteiger partial charge in [-0.05, 0) is 49.8 Å². The third kappa shape index (κ3) is 4.79. The first-order valence-corrected chi connectivity index (χ1v) is 11.3. The van der Waals surface area contributed by atoms with Crippen LogP contribution >= 0.6 is 27.3 Å². The highest BCUT2D eigenvalue weighted by Crippen LogP contribution is 2.36. The molecule has 0 saturated heterocycles. The minimum absolute atomic E-state index is 0.0471. The van der Waals surface area contributed by atoms with Gasteiger partial charge in [0.15, 0.2) is 5.13 Å². The molecule has 0 fully saturated rings. The summed E-state index contributed by atoms with van der Waals surface area (Å²) in [5.74, 6) is 0.681. The number of aryl methyl sites for hydroxylation is 1. The summed E-state index contributed by atoms with van der Waals surface area (Å²) < 4.78 is 7.43. The van der Waals surface area contributed by atoms with Crippen LogP contribution in [0.3, 0.4) is 0 Å². The molecular formula is C22H26BrN3O2S. The number of hydrogen-bond donors (Lipinski definition) is 0. The van der Waals surface area contributed by atoms with E-state index >= 15 is 0 Å². The number of likely N-dealkylation sites (N-methyl/N-ethyl adjacent to an activating group) is 1. The molecule has 2 aromatic carbocycles. The Morgan fingerprint density at radius 1 is 1.17 bits per heavy atom. The Bertz CT molecular complexity index is 1000. The second kappa shape index (κ2) is 9.69. The molecule has 1 heterocycles. The Labute approximate surface area is 184 Å². The van der Waals surface area contributed by atoms with Gasteiger partial charge in [-0.3, -0.25) is 9.69 Å². The van der Waals surface area contributed by atoms with Gasteiger partial charge >= 0.3 is 0 Å². The van der Waals surface area contributed by atoms with E-state index < -0.39 is 0 Å². The first-order valence-electron chi connectivity index (χ1n) is 9.72. The number of nitrogens with zero attached hydrogens (tertiary/aromatic N) is 3. The van der Waals surface area contributed by atoms with Crippen LogP contribution in [-0.2, 0) is 0 Å². The quantitative estimate of drug-likeness (QED) is 0.439. The van der Waals surface area contributed by atoms with E-state index in [0.29, 0.717) is 17.2 Å². The van der Waals surface area contributed by atoms with Crippen molar-refractivity contribution in [3.05, 3.63) is 52.0 Å². The molecule has 5 nitrogen and oxygen atoms in total. The van der Waals surface area contributed by atoms with Gasteiger partial charge in [-0.25, -0.2) is 4.98 Å². The lowest BCUT2D eigenvalue weighted by Gasteiger charge is -2.24. The fourth-order valence-corrected chi connectivity index (χ4v) is 4.70. The van der Waals surface area contributed by atoms with Gasteiger partial charge in [-0.15, -0.1) is 0 Å². The van der Waals surface area contributed by atoms with Crippen LogP contribution < -0.4 is 9.64 Å². The SMILES string of the molecule is CCN(CC)CCN(C(=O)c1cccc(Br)c1)c1nc2c(OC)ccc(C)c2s1. The van der Waals surface area contributed by atoms with Crippen LogP contribution in [0.15, 0.2) is 40.9 Å². The van der Waals surface area contributed by atoms with E-state index in [1.54, 1.807) is 12.0 Å². The van der Waals surface area contributed by atoms with Gasteiger partial charge in [-0.1, -0.05) is 53.2 Å². The normalized spacial score (nSPS) is 11.2. The number of amides is 1. The van der Waals surface area contributed by atoms with E-state index in [0.717, 1.165) is 45.6 Å². The van der Waals surface area contributed by atoms with Crippen LogP contribution in [-0.4, -0.2) is 49.1 Å². The molecule has 0 saturated carbocycles. The number of aromatic nitrogens is 1. The highest BCUT2D eigenvalue weighted by atomic mass is 79.9. The molecule has 29 heavy (non-hydrogen) atoms. The van der Waals surface area contributed by atoms with Gasteiger partial charge in [-0.2, -0.15) is 0 Å². The maximum absolute atomic E-state index is 13.4. The summed E-state index contributed by atoms with van der Waals surface area (Å²) in [6.45, 7) is 9.59. The lowest BCUT2D eigenvalue weighted by atomic mass is 10.2. The molecule has 0 radical (unpaired) electrons. The van der Waals surface area contributed by atoms with Gasteiger partial charge < -0.3 is 9.64 Å². The van der Waals surface area contributed by atoms with E-state index in [9.17, 15) is 4.79 Å². The van der Waals surface area contributed by atoms with E-state index in [1.165, 1.54) is 11.3 Å². The molecule has 0 atom stereocenters. The Morgan fingerprint density at radius 3 is 2.59 bits per heavy atom. The molecule has 7 heteroatoms. The van der Waals surface area contributed by atoms with Crippen molar-refractivity contribution < 1.29 is 9.53 Å². The molecule has 0 N–H and O–H groups in total. The van der Waals surface area contributed by atoms with Crippen molar-refractivity contribution in [2.45, 2.75) is 20.8 Å². The van der Waals surface area contributed by atoms with Crippen molar-refractivity contribution in [2.75, 3.05) is 38.2 Å². The minimum atomic E-state index is -0.0471. The van der Waals surface area contributed by atoms with Crippen LogP contribution in [0.25, 0.3) is 10.2 Å². The first-order chi connectivity index (χ1) is 14.0. The Kier molecular flexibility index (Phi) is 7.27. The van der Waals surface area contributed by atoms with Gasteiger partial charge in [0.2, 0.25) is 0 Å². The Morgan fingerprint density at radius 2 is 1.93 bits per heavy atom. The highest BCUT2D eigenvalue weighted by Gasteiger charge is 2.23. The van der Waals surface area contributed by atoms with Gasteiger partial charge in [0.25, 0.3) is 5.91 Å². The fraction of sp³-hybridized carbons (Fsp3) is 0.364. The average molecular weight is 476 g/mol. The zero-order valence-corrected chi connectivity index (χ0v) is 19.6. The van der Waals surface area contributed by atoms with Crippen LogP contribution in [0, 0.1) is 6.92 Å². The number of carbonyl (C=O) groups is 1. The molecule has 0 aliphatic heterocycles. The van der Waals surface area contributed by atoms with Crippen LogP contribution in [0.1, 0.15) is 29.8 Å².